The highest BCUT2D eigenvalue weighted by atomic mass is 79.9. The Kier molecular flexibility index (Phi) is 8.15. The topological polar surface area (TPSA) is 59.9 Å². The number of carbonyl (C=O) groups excluding carboxylic acids is 1. The van der Waals surface area contributed by atoms with Crippen molar-refractivity contribution in [2.45, 2.75) is 26.7 Å². The number of nitrogens with one attached hydrogen (secondary N) is 1. The van der Waals surface area contributed by atoms with Gasteiger partial charge in [-0.05, 0) is 76.8 Å². The van der Waals surface area contributed by atoms with Crippen molar-refractivity contribution in [1.82, 2.24) is 5.43 Å². The van der Waals surface area contributed by atoms with E-state index in [1.54, 1.807) is 6.21 Å². The molecule has 0 spiro atoms. The van der Waals surface area contributed by atoms with Crippen LogP contribution in [0.25, 0.3) is 0 Å². The Balaban J connectivity index is 1.75. The van der Waals surface area contributed by atoms with Crippen LogP contribution in [0.15, 0.2) is 52.0 Å². The molecule has 2 aromatic rings. The first-order valence-corrected chi connectivity index (χ1v) is 9.31. The third kappa shape index (κ3) is 6.88. The van der Waals surface area contributed by atoms with Gasteiger partial charge in [0.15, 0.2) is 6.61 Å². The predicted octanol–water partition coefficient (Wildman–Crippen LogP) is 4.47. The summed E-state index contributed by atoms with van der Waals surface area (Å²) in [5.41, 5.74) is 4.43. The molecule has 138 valence electrons. The summed E-state index contributed by atoms with van der Waals surface area (Å²) in [6.45, 7) is 4.72. The zero-order valence-corrected chi connectivity index (χ0v) is 16.6. The summed E-state index contributed by atoms with van der Waals surface area (Å²) < 4.78 is 11.9. The number of carbonyl (C=O) groups is 1. The minimum Gasteiger partial charge on any atom is -0.494 e. The van der Waals surface area contributed by atoms with Crippen molar-refractivity contribution in [1.29, 1.82) is 0 Å². The van der Waals surface area contributed by atoms with Gasteiger partial charge in [0.2, 0.25) is 0 Å². The lowest BCUT2D eigenvalue weighted by atomic mass is 10.2. The maximum atomic E-state index is 11.8. The molecular formula is C20H23BrN2O3. The highest BCUT2D eigenvalue weighted by Crippen LogP contribution is 2.25. The summed E-state index contributed by atoms with van der Waals surface area (Å²) in [5.74, 6) is 1.12. The molecule has 0 atom stereocenters. The van der Waals surface area contributed by atoms with E-state index in [1.807, 2.05) is 49.4 Å². The molecule has 1 amide bonds. The van der Waals surface area contributed by atoms with Gasteiger partial charge in [-0.25, -0.2) is 5.43 Å². The molecule has 2 rings (SSSR count). The van der Waals surface area contributed by atoms with E-state index in [-0.39, 0.29) is 12.5 Å². The standard InChI is InChI=1S/C20H23BrN2O3/c1-3-4-11-25-17-8-6-16(7-9-17)13-22-23-20(24)14-26-19-10-5-15(2)12-18(19)21/h5-10,12-13H,3-4,11,14H2,1-2H3,(H,23,24)/b22-13+. The minimum atomic E-state index is -0.326. The van der Waals surface area contributed by atoms with E-state index >= 15 is 0 Å². The van der Waals surface area contributed by atoms with E-state index in [4.69, 9.17) is 9.47 Å². The smallest absolute Gasteiger partial charge is 0.277 e. The van der Waals surface area contributed by atoms with Gasteiger partial charge in [-0.15, -0.1) is 0 Å². The molecule has 0 fully saturated rings. The normalized spacial score (nSPS) is 10.7. The number of rotatable bonds is 9. The van der Waals surface area contributed by atoms with Crippen LogP contribution in [0.4, 0.5) is 0 Å². The number of ether oxygens (including phenoxy) is 2. The van der Waals surface area contributed by atoms with Crippen LogP contribution in [0.5, 0.6) is 11.5 Å². The van der Waals surface area contributed by atoms with E-state index < -0.39 is 0 Å². The fourth-order valence-corrected chi connectivity index (χ4v) is 2.67. The molecule has 0 heterocycles. The van der Waals surface area contributed by atoms with Gasteiger partial charge in [-0.3, -0.25) is 4.79 Å². The Morgan fingerprint density at radius 2 is 1.96 bits per heavy atom. The van der Waals surface area contributed by atoms with Crippen LogP contribution in [-0.4, -0.2) is 25.3 Å². The summed E-state index contributed by atoms with van der Waals surface area (Å²) in [6, 6.07) is 13.2. The van der Waals surface area contributed by atoms with Crippen LogP contribution in [-0.2, 0) is 4.79 Å². The second-order valence-electron chi connectivity index (χ2n) is 5.79. The number of halogens is 1. The van der Waals surface area contributed by atoms with Crippen molar-refractivity contribution in [3.05, 3.63) is 58.1 Å². The number of nitrogens with zero attached hydrogens (tertiary/aromatic N) is 1. The van der Waals surface area contributed by atoms with E-state index in [1.165, 1.54) is 0 Å². The number of unbranched alkanes of at least 4 members (excludes halogenated alkanes) is 1. The largest absolute Gasteiger partial charge is 0.494 e. The van der Waals surface area contributed by atoms with Gasteiger partial charge in [0, 0.05) is 0 Å². The SMILES string of the molecule is CCCCOc1ccc(/C=N/NC(=O)COc2ccc(C)cc2Br)cc1. The molecule has 2 aromatic carbocycles. The summed E-state index contributed by atoms with van der Waals surface area (Å²) in [5, 5.41) is 3.94. The van der Waals surface area contributed by atoms with Gasteiger partial charge in [0.05, 0.1) is 17.3 Å². The lowest BCUT2D eigenvalue weighted by Gasteiger charge is -2.07. The highest BCUT2D eigenvalue weighted by Gasteiger charge is 2.05. The van der Waals surface area contributed by atoms with Gasteiger partial charge < -0.3 is 9.47 Å². The van der Waals surface area contributed by atoms with E-state index in [2.05, 4.69) is 33.4 Å². The van der Waals surface area contributed by atoms with Crippen molar-refractivity contribution >= 4 is 28.1 Å². The Morgan fingerprint density at radius 1 is 1.19 bits per heavy atom. The zero-order chi connectivity index (χ0) is 18.8. The molecule has 0 aliphatic heterocycles. The average Bonchev–Trinajstić information content (AvgIpc) is 2.62. The number of hydrogen-bond acceptors (Lipinski definition) is 4. The first kappa shape index (κ1) is 20.0. The Hall–Kier alpha value is -2.34. The van der Waals surface area contributed by atoms with Gasteiger partial charge in [-0.2, -0.15) is 5.10 Å². The van der Waals surface area contributed by atoms with Crippen LogP contribution < -0.4 is 14.9 Å². The second-order valence-corrected chi connectivity index (χ2v) is 6.64. The number of benzene rings is 2. The number of hydrazone groups is 1. The Morgan fingerprint density at radius 3 is 2.65 bits per heavy atom. The lowest BCUT2D eigenvalue weighted by Crippen LogP contribution is -2.24. The minimum absolute atomic E-state index is 0.108. The van der Waals surface area contributed by atoms with Crippen molar-refractivity contribution in [2.75, 3.05) is 13.2 Å². The van der Waals surface area contributed by atoms with Crippen LogP contribution >= 0.6 is 15.9 Å². The van der Waals surface area contributed by atoms with Crippen LogP contribution in [0, 0.1) is 6.92 Å². The molecule has 0 aliphatic rings. The molecule has 1 N–H and O–H groups in total. The second kappa shape index (κ2) is 10.6. The molecule has 6 heteroatoms. The maximum absolute atomic E-state index is 11.8. The predicted molar refractivity (Wildman–Crippen MR) is 107 cm³/mol. The maximum Gasteiger partial charge on any atom is 0.277 e. The Labute approximate surface area is 162 Å². The van der Waals surface area contributed by atoms with Crippen molar-refractivity contribution in [3.63, 3.8) is 0 Å². The van der Waals surface area contributed by atoms with Crippen molar-refractivity contribution in [2.24, 2.45) is 5.10 Å². The summed E-state index contributed by atoms with van der Waals surface area (Å²) in [6.07, 6.45) is 3.72. The summed E-state index contributed by atoms with van der Waals surface area (Å²) >= 11 is 3.41. The fourth-order valence-electron chi connectivity index (χ4n) is 2.06. The molecule has 0 aromatic heterocycles. The van der Waals surface area contributed by atoms with E-state index in [9.17, 15) is 4.79 Å². The third-order valence-corrected chi connectivity index (χ3v) is 4.12. The Bertz CT molecular complexity index is 745. The molecule has 0 saturated carbocycles. The molecule has 0 bridgehead atoms. The average molecular weight is 419 g/mol. The molecule has 0 unspecified atom stereocenters. The third-order valence-electron chi connectivity index (χ3n) is 3.50. The highest BCUT2D eigenvalue weighted by molar-refractivity contribution is 9.10. The van der Waals surface area contributed by atoms with Crippen molar-refractivity contribution in [3.8, 4) is 11.5 Å². The molecular weight excluding hydrogens is 396 g/mol. The van der Waals surface area contributed by atoms with Crippen LogP contribution in [0.2, 0.25) is 0 Å². The first-order valence-electron chi connectivity index (χ1n) is 8.52. The lowest BCUT2D eigenvalue weighted by molar-refractivity contribution is -0.123. The number of amides is 1. The van der Waals surface area contributed by atoms with Gasteiger partial charge >= 0.3 is 0 Å². The van der Waals surface area contributed by atoms with Crippen LogP contribution in [0.1, 0.15) is 30.9 Å². The van der Waals surface area contributed by atoms with Gasteiger partial charge in [-0.1, -0.05) is 19.4 Å². The van der Waals surface area contributed by atoms with Gasteiger partial charge in [0.25, 0.3) is 5.91 Å². The first-order chi connectivity index (χ1) is 12.6. The quantitative estimate of drug-likeness (QED) is 0.371. The van der Waals surface area contributed by atoms with E-state index in [0.29, 0.717) is 5.75 Å². The van der Waals surface area contributed by atoms with Crippen LogP contribution in [0.3, 0.4) is 0 Å². The van der Waals surface area contributed by atoms with Gasteiger partial charge in [0.1, 0.15) is 11.5 Å². The zero-order valence-electron chi connectivity index (χ0n) is 15.0. The number of aryl methyl sites for hydroxylation is 1. The van der Waals surface area contributed by atoms with Crippen molar-refractivity contribution < 1.29 is 14.3 Å². The molecule has 0 radical (unpaired) electrons. The number of hydrogen-bond donors (Lipinski definition) is 1. The summed E-state index contributed by atoms with van der Waals surface area (Å²) in [4.78, 5) is 11.8. The molecule has 0 saturated heterocycles. The monoisotopic (exact) mass is 418 g/mol. The molecule has 0 aliphatic carbocycles. The summed E-state index contributed by atoms with van der Waals surface area (Å²) in [7, 11) is 0. The molecule has 26 heavy (non-hydrogen) atoms. The fraction of sp³-hybridized carbons (Fsp3) is 0.300. The van der Waals surface area contributed by atoms with E-state index in [0.717, 1.165) is 40.8 Å². The molecule has 5 nitrogen and oxygen atoms in total.